The molecule has 0 aliphatic carbocycles. The molecule has 1 aromatic rings. The third kappa shape index (κ3) is 3.20. The number of hydrogen-bond donors (Lipinski definition) is 1. The van der Waals surface area contributed by atoms with Crippen LogP contribution in [0.4, 0.5) is 0 Å². The van der Waals surface area contributed by atoms with Gasteiger partial charge in [-0.05, 0) is 37.6 Å². The van der Waals surface area contributed by atoms with E-state index < -0.39 is 11.3 Å². The largest absolute Gasteiger partial charge is 0.494 e. The van der Waals surface area contributed by atoms with Gasteiger partial charge in [0.15, 0.2) is 5.78 Å². The molecule has 0 aliphatic rings. The molecule has 1 rings (SSSR count). The SMILES string of the molecule is CCOc1ccc(C(=O)O)c(C(Cl)C(C)=O)c1. The monoisotopic (exact) mass is 256 g/mol. The number of benzene rings is 1. The molecule has 1 N–H and O–H groups in total. The van der Waals surface area contributed by atoms with Crippen LogP contribution in [0.3, 0.4) is 0 Å². The van der Waals surface area contributed by atoms with Gasteiger partial charge in [-0.3, -0.25) is 4.79 Å². The van der Waals surface area contributed by atoms with Crippen LogP contribution in [0, 0.1) is 0 Å². The van der Waals surface area contributed by atoms with E-state index in [-0.39, 0.29) is 16.9 Å². The third-order valence-corrected chi connectivity index (χ3v) is 2.74. The molecule has 0 aromatic heterocycles. The first-order chi connectivity index (χ1) is 7.97. The number of ketones is 1. The van der Waals surface area contributed by atoms with E-state index in [0.29, 0.717) is 12.4 Å². The zero-order valence-electron chi connectivity index (χ0n) is 9.57. The van der Waals surface area contributed by atoms with E-state index in [4.69, 9.17) is 21.4 Å². The Bertz CT molecular complexity index is 442. The number of hydrogen-bond acceptors (Lipinski definition) is 3. The summed E-state index contributed by atoms with van der Waals surface area (Å²) in [5.74, 6) is -0.919. The third-order valence-electron chi connectivity index (χ3n) is 2.19. The van der Waals surface area contributed by atoms with Crippen LogP contribution >= 0.6 is 11.6 Å². The predicted octanol–water partition coefficient (Wildman–Crippen LogP) is 2.65. The summed E-state index contributed by atoms with van der Waals surface area (Å²) in [6.45, 7) is 3.59. The number of carbonyl (C=O) groups excluding carboxylic acids is 1. The molecule has 4 nitrogen and oxygen atoms in total. The first-order valence-corrected chi connectivity index (χ1v) is 5.55. The molecule has 0 saturated heterocycles. The number of rotatable bonds is 5. The summed E-state index contributed by atoms with van der Waals surface area (Å²) in [5.41, 5.74) is 0.279. The maximum Gasteiger partial charge on any atom is 0.336 e. The lowest BCUT2D eigenvalue weighted by Crippen LogP contribution is -2.09. The first-order valence-electron chi connectivity index (χ1n) is 5.12. The average molecular weight is 257 g/mol. The van der Waals surface area contributed by atoms with E-state index >= 15 is 0 Å². The second-order valence-electron chi connectivity index (χ2n) is 3.46. The van der Waals surface area contributed by atoms with Gasteiger partial charge in [0, 0.05) is 0 Å². The fourth-order valence-corrected chi connectivity index (χ4v) is 1.60. The van der Waals surface area contributed by atoms with Crippen molar-refractivity contribution in [3.63, 3.8) is 0 Å². The average Bonchev–Trinajstić information content (AvgIpc) is 2.28. The maximum absolute atomic E-state index is 11.2. The van der Waals surface area contributed by atoms with E-state index in [0.717, 1.165) is 0 Å². The van der Waals surface area contributed by atoms with E-state index in [1.807, 2.05) is 6.92 Å². The Morgan fingerprint density at radius 2 is 2.12 bits per heavy atom. The van der Waals surface area contributed by atoms with E-state index in [1.54, 1.807) is 6.07 Å². The maximum atomic E-state index is 11.2. The van der Waals surface area contributed by atoms with Gasteiger partial charge in [-0.1, -0.05) is 0 Å². The molecular formula is C12H13ClO4. The van der Waals surface area contributed by atoms with Gasteiger partial charge in [0.1, 0.15) is 11.1 Å². The fraction of sp³-hybridized carbons (Fsp3) is 0.333. The minimum absolute atomic E-state index is 0.0173. The van der Waals surface area contributed by atoms with Crippen LogP contribution < -0.4 is 4.74 Å². The first kappa shape index (κ1) is 13.5. The van der Waals surface area contributed by atoms with Crippen molar-refractivity contribution in [2.75, 3.05) is 6.61 Å². The van der Waals surface area contributed by atoms with Crippen LogP contribution in [0.5, 0.6) is 5.75 Å². The van der Waals surface area contributed by atoms with E-state index in [2.05, 4.69) is 0 Å². The number of Topliss-reactive ketones (excluding diaryl/α,β-unsaturated/α-hetero) is 1. The molecule has 0 aliphatic heterocycles. The van der Waals surface area contributed by atoms with Gasteiger partial charge in [-0.25, -0.2) is 4.79 Å². The number of alkyl halides is 1. The summed E-state index contributed by atoms with van der Waals surface area (Å²) in [7, 11) is 0. The molecular weight excluding hydrogens is 244 g/mol. The van der Waals surface area contributed by atoms with Crippen molar-refractivity contribution < 1.29 is 19.4 Å². The van der Waals surface area contributed by atoms with Crippen LogP contribution in [0.25, 0.3) is 0 Å². The standard InChI is InChI=1S/C12H13ClO4/c1-3-17-8-4-5-9(12(15)16)10(6-8)11(13)7(2)14/h4-6,11H,3H2,1-2H3,(H,15,16). The highest BCUT2D eigenvalue weighted by Crippen LogP contribution is 2.29. The number of halogens is 1. The summed E-state index contributed by atoms with van der Waals surface area (Å²) in [6.07, 6.45) is 0. The van der Waals surface area contributed by atoms with Crippen molar-refractivity contribution in [2.24, 2.45) is 0 Å². The molecule has 0 bridgehead atoms. The summed E-state index contributed by atoms with van der Waals surface area (Å²) in [6, 6.07) is 4.42. The molecule has 92 valence electrons. The Kier molecular flexibility index (Phi) is 4.52. The minimum atomic E-state index is -1.12. The van der Waals surface area contributed by atoms with E-state index in [9.17, 15) is 9.59 Å². The number of carboxylic acid groups (broad SMARTS) is 1. The van der Waals surface area contributed by atoms with Crippen molar-refractivity contribution in [2.45, 2.75) is 19.2 Å². The summed E-state index contributed by atoms with van der Waals surface area (Å²) < 4.78 is 5.25. The Morgan fingerprint density at radius 3 is 2.59 bits per heavy atom. The molecule has 17 heavy (non-hydrogen) atoms. The lowest BCUT2D eigenvalue weighted by molar-refractivity contribution is -0.116. The highest BCUT2D eigenvalue weighted by molar-refractivity contribution is 6.31. The molecule has 0 heterocycles. The smallest absolute Gasteiger partial charge is 0.336 e. The quantitative estimate of drug-likeness (QED) is 0.823. The molecule has 0 fully saturated rings. The lowest BCUT2D eigenvalue weighted by atomic mass is 10.0. The van der Waals surface area contributed by atoms with Crippen molar-refractivity contribution >= 4 is 23.4 Å². The highest BCUT2D eigenvalue weighted by atomic mass is 35.5. The van der Waals surface area contributed by atoms with Crippen LogP contribution in [0.15, 0.2) is 18.2 Å². The number of ether oxygens (including phenoxy) is 1. The molecule has 1 unspecified atom stereocenters. The zero-order chi connectivity index (χ0) is 13.0. The minimum Gasteiger partial charge on any atom is -0.494 e. The molecule has 5 heteroatoms. The van der Waals surface area contributed by atoms with Gasteiger partial charge in [-0.15, -0.1) is 11.6 Å². The molecule has 0 spiro atoms. The van der Waals surface area contributed by atoms with Crippen LogP contribution in [0.1, 0.15) is 35.1 Å². The van der Waals surface area contributed by atoms with Gasteiger partial charge >= 0.3 is 5.97 Å². The summed E-state index contributed by atoms with van der Waals surface area (Å²) >= 11 is 5.89. The van der Waals surface area contributed by atoms with Crippen molar-refractivity contribution in [1.82, 2.24) is 0 Å². The lowest BCUT2D eigenvalue weighted by Gasteiger charge is -2.12. The van der Waals surface area contributed by atoms with Gasteiger partial charge in [-0.2, -0.15) is 0 Å². The van der Waals surface area contributed by atoms with Gasteiger partial charge in [0.05, 0.1) is 12.2 Å². The van der Waals surface area contributed by atoms with Gasteiger partial charge in [0.25, 0.3) is 0 Å². The zero-order valence-corrected chi connectivity index (χ0v) is 10.3. The van der Waals surface area contributed by atoms with Gasteiger partial charge < -0.3 is 9.84 Å². The van der Waals surface area contributed by atoms with E-state index in [1.165, 1.54) is 19.1 Å². The Morgan fingerprint density at radius 1 is 1.47 bits per heavy atom. The Labute approximate surface area is 104 Å². The Hall–Kier alpha value is -1.55. The van der Waals surface area contributed by atoms with Gasteiger partial charge in [0.2, 0.25) is 0 Å². The predicted molar refractivity (Wildman–Crippen MR) is 63.8 cm³/mol. The van der Waals surface area contributed by atoms with Crippen LogP contribution in [-0.2, 0) is 4.79 Å². The van der Waals surface area contributed by atoms with Crippen molar-refractivity contribution in [3.8, 4) is 5.75 Å². The molecule has 0 saturated carbocycles. The normalized spacial score (nSPS) is 11.9. The number of aromatic carboxylic acids is 1. The number of carbonyl (C=O) groups is 2. The summed E-state index contributed by atoms with van der Waals surface area (Å²) in [5, 5.41) is 8.04. The molecule has 0 radical (unpaired) electrons. The van der Waals surface area contributed by atoms with Crippen molar-refractivity contribution in [1.29, 1.82) is 0 Å². The second-order valence-corrected chi connectivity index (χ2v) is 3.90. The second kappa shape index (κ2) is 5.68. The molecule has 1 atom stereocenters. The molecule has 1 aromatic carbocycles. The van der Waals surface area contributed by atoms with Crippen LogP contribution in [0.2, 0.25) is 0 Å². The fourth-order valence-electron chi connectivity index (χ4n) is 1.42. The number of carboxylic acids is 1. The molecule has 0 amide bonds. The van der Waals surface area contributed by atoms with Crippen LogP contribution in [-0.4, -0.2) is 23.5 Å². The topological polar surface area (TPSA) is 63.6 Å². The van der Waals surface area contributed by atoms with Crippen molar-refractivity contribution in [3.05, 3.63) is 29.3 Å². The highest BCUT2D eigenvalue weighted by Gasteiger charge is 2.21. The summed E-state index contributed by atoms with van der Waals surface area (Å²) in [4.78, 5) is 22.2. The Balaban J connectivity index is 3.24.